The molecular formula is C15H32O4. The van der Waals surface area contributed by atoms with Gasteiger partial charge in [-0.05, 0) is 12.8 Å². The van der Waals surface area contributed by atoms with Crippen molar-refractivity contribution in [2.45, 2.75) is 64.3 Å². The zero-order valence-electron chi connectivity index (χ0n) is 13.1. The van der Waals surface area contributed by atoms with E-state index in [4.69, 9.17) is 14.2 Å². The number of methoxy groups -OCH3 is 3. The average Bonchev–Trinajstić information content (AvgIpc) is 2.45. The number of ether oxygens (including phenoxy) is 3. The molecule has 0 amide bonds. The number of aliphatic hydroxyl groups excluding tert-OH is 1. The van der Waals surface area contributed by atoms with Gasteiger partial charge in [-0.2, -0.15) is 0 Å². The van der Waals surface area contributed by atoms with Gasteiger partial charge >= 0.3 is 0 Å². The fraction of sp³-hybridized carbons (Fsp3) is 1.00. The van der Waals surface area contributed by atoms with Crippen LogP contribution < -0.4 is 0 Å². The molecule has 0 saturated heterocycles. The van der Waals surface area contributed by atoms with E-state index < -0.39 is 5.97 Å². The number of unbranched alkanes of at least 4 members (excludes halogenated alkanes) is 5. The second-order valence-electron chi connectivity index (χ2n) is 4.98. The average molecular weight is 276 g/mol. The van der Waals surface area contributed by atoms with Crippen LogP contribution >= 0.6 is 0 Å². The summed E-state index contributed by atoms with van der Waals surface area (Å²) < 4.78 is 16.2. The van der Waals surface area contributed by atoms with Crippen LogP contribution in [0.1, 0.15) is 58.3 Å². The van der Waals surface area contributed by atoms with Crippen LogP contribution in [0.3, 0.4) is 0 Å². The van der Waals surface area contributed by atoms with E-state index in [0.717, 1.165) is 12.8 Å². The lowest BCUT2D eigenvalue weighted by atomic mass is 9.94. The molecule has 0 fully saturated rings. The molecular weight excluding hydrogens is 244 g/mol. The van der Waals surface area contributed by atoms with Gasteiger partial charge in [-0.3, -0.25) is 0 Å². The second-order valence-corrected chi connectivity index (χ2v) is 4.98. The lowest BCUT2D eigenvalue weighted by Crippen LogP contribution is -2.44. The van der Waals surface area contributed by atoms with E-state index >= 15 is 0 Å². The Morgan fingerprint density at radius 1 is 0.842 bits per heavy atom. The van der Waals surface area contributed by atoms with E-state index in [0.29, 0.717) is 6.42 Å². The number of aliphatic hydroxyl groups is 1. The summed E-state index contributed by atoms with van der Waals surface area (Å²) in [6.45, 7) is 2.35. The first-order valence-electron chi connectivity index (χ1n) is 7.47. The molecule has 0 heterocycles. The van der Waals surface area contributed by atoms with Gasteiger partial charge in [-0.25, -0.2) is 0 Å². The third kappa shape index (κ3) is 6.70. The van der Waals surface area contributed by atoms with E-state index in [1.807, 2.05) is 0 Å². The molecule has 0 aromatic carbocycles. The molecule has 1 atom stereocenters. The van der Waals surface area contributed by atoms with Crippen molar-refractivity contribution in [3.05, 3.63) is 0 Å². The van der Waals surface area contributed by atoms with Gasteiger partial charge in [-0.15, -0.1) is 0 Å². The van der Waals surface area contributed by atoms with Crippen molar-refractivity contribution in [2.75, 3.05) is 27.9 Å². The predicted octanol–water partition coefficient (Wildman–Crippen LogP) is 3.33. The Balaban J connectivity index is 4.16. The number of hydrogen-bond acceptors (Lipinski definition) is 4. The van der Waals surface area contributed by atoms with Crippen molar-refractivity contribution in [3.63, 3.8) is 0 Å². The van der Waals surface area contributed by atoms with E-state index in [1.54, 1.807) is 21.3 Å². The third-order valence-electron chi connectivity index (χ3n) is 3.74. The summed E-state index contributed by atoms with van der Waals surface area (Å²) in [4.78, 5) is 0. The standard InChI is InChI=1S/C15H32O4/c1-5-6-7-8-9-10-11-14(12-13-16)15(17-2,18-3)19-4/h14,16H,5-13H2,1-4H3. The summed E-state index contributed by atoms with van der Waals surface area (Å²) in [6.07, 6.45) is 9.09. The lowest BCUT2D eigenvalue weighted by molar-refractivity contribution is -0.380. The minimum atomic E-state index is -1.02. The van der Waals surface area contributed by atoms with Crippen LogP contribution in [0.25, 0.3) is 0 Å². The van der Waals surface area contributed by atoms with Gasteiger partial charge in [0.05, 0.1) is 0 Å². The van der Waals surface area contributed by atoms with Gasteiger partial charge in [0.15, 0.2) is 0 Å². The largest absolute Gasteiger partial charge is 0.396 e. The summed E-state index contributed by atoms with van der Waals surface area (Å²) in [6, 6.07) is 0. The van der Waals surface area contributed by atoms with Crippen molar-refractivity contribution in [3.8, 4) is 0 Å². The molecule has 0 rings (SSSR count). The first kappa shape index (κ1) is 18.8. The second kappa shape index (κ2) is 11.6. The Kier molecular flexibility index (Phi) is 11.6. The molecule has 0 radical (unpaired) electrons. The Labute approximate surface area is 118 Å². The van der Waals surface area contributed by atoms with Gasteiger partial charge in [0.2, 0.25) is 0 Å². The monoisotopic (exact) mass is 276 g/mol. The molecule has 0 aromatic heterocycles. The fourth-order valence-electron chi connectivity index (χ4n) is 2.57. The van der Waals surface area contributed by atoms with E-state index in [2.05, 4.69) is 6.92 Å². The molecule has 0 spiro atoms. The maximum Gasteiger partial charge on any atom is 0.285 e. The van der Waals surface area contributed by atoms with Gasteiger partial charge < -0.3 is 19.3 Å². The van der Waals surface area contributed by atoms with Gasteiger partial charge in [0.25, 0.3) is 5.97 Å². The van der Waals surface area contributed by atoms with E-state index in [9.17, 15) is 5.11 Å². The van der Waals surface area contributed by atoms with E-state index in [-0.39, 0.29) is 12.5 Å². The highest BCUT2D eigenvalue weighted by Crippen LogP contribution is 2.31. The zero-order valence-corrected chi connectivity index (χ0v) is 13.1. The summed E-state index contributed by atoms with van der Waals surface area (Å²) in [7, 11) is 4.75. The van der Waals surface area contributed by atoms with Crippen LogP contribution in [0.4, 0.5) is 0 Å². The Hall–Kier alpha value is -0.160. The molecule has 116 valence electrons. The molecule has 4 heteroatoms. The van der Waals surface area contributed by atoms with Crippen molar-refractivity contribution < 1.29 is 19.3 Å². The van der Waals surface area contributed by atoms with Crippen LogP contribution in [0, 0.1) is 5.92 Å². The molecule has 0 aliphatic carbocycles. The van der Waals surface area contributed by atoms with Gasteiger partial charge in [0.1, 0.15) is 0 Å². The molecule has 1 unspecified atom stereocenters. The Morgan fingerprint density at radius 2 is 1.37 bits per heavy atom. The lowest BCUT2D eigenvalue weighted by Gasteiger charge is -2.36. The predicted molar refractivity (Wildman–Crippen MR) is 76.9 cm³/mol. The van der Waals surface area contributed by atoms with Gasteiger partial charge in [-0.1, -0.05) is 45.4 Å². The minimum Gasteiger partial charge on any atom is -0.396 e. The summed E-state index contributed by atoms with van der Waals surface area (Å²) in [5, 5.41) is 9.19. The summed E-state index contributed by atoms with van der Waals surface area (Å²) in [5.74, 6) is -0.963. The summed E-state index contributed by atoms with van der Waals surface area (Å²) in [5.41, 5.74) is 0. The topological polar surface area (TPSA) is 47.9 Å². The number of hydrogen-bond donors (Lipinski definition) is 1. The summed E-state index contributed by atoms with van der Waals surface area (Å²) >= 11 is 0. The molecule has 4 nitrogen and oxygen atoms in total. The first-order valence-corrected chi connectivity index (χ1v) is 7.47. The molecule has 0 aromatic rings. The SMILES string of the molecule is CCCCCCCCC(CCO)C(OC)(OC)OC. The van der Waals surface area contributed by atoms with Gasteiger partial charge in [0, 0.05) is 33.9 Å². The molecule has 0 bridgehead atoms. The number of rotatable bonds is 13. The first-order chi connectivity index (χ1) is 9.20. The van der Waals surface area contributed by atoms with Crippen LogP contribution in [0.5, 0.6) is 0 Å². The minimum absolute atomic E-state index is 0.0590. The zero-order chi connectivity index (χ0) is 14.6. The van der Waals surface area contributed by atoms with Crippen LogP contribution in [-0.4, -0.2) is 39.0 Å². The van der Waals surface area contributed by atoms with Crippen LogP contribution in [0.15, 0.2) is 0 Å². The van der Waals surface area contributed by atoms with Crippen molar-refractivity contribution in [1.82, 2.24) is 0 Å². The third-order valence-corrected chi connectivity index (χ3v) is 3.74. The Bertz CT molecular complexity index is 184. The van der Waals surface area contributed by atoms with E-state index in [1.165, 1.54) is 32.1 Å². The molecule has 1 N–H and O–H groups in total. The smallest absolute Gasteiger partial charge is 0.285 e. The quantitative estimate of drug-likeness (QED) is 0.414. The highest BCUT2D eigenvalue weighted by atomic mass is 16.9. The maximum absolute atomic E-state index is 9.19. The van der Waals surface area contributed by atoms with Crippen molar-refractivity contribution in [1.29, 1.82) is 0 Å². The fourth-order valence-corrected chi connectivity index (χ4v) is 2.57. The highest BCUT2D eigenvalue weighted by Gasteiger charge is 2.39. The van der Waals surface area contributed by atoms with Crippen LogP contribution in [-0.2, 0) is 14.2 Å². The molecule has 0 aliphatic rings. The van der Waals surface area contributed by atoms with Crippen molar-refractivity contribution >= 4 is 0 Å². The Morgan fingerprint density at radius 3 is 1.84 bits per heavy atom. The van der Waals surface area contributed by atoms with Crippen molar-refractivity contribution in [2.24, 2.45) is 5.92 Å². The highest BCUT2D eigenvalue weighted by molar-refractivity contribution is 4.71. The normalized spacial score (nSPS) is 13.7. The van der Waals surface area contributed by atoms with Crippen LogP contribution in [0.2, 0.25) is 0 Å². The molecule has 0 saturated carbocycles. The maximum atomic E-state index is 9.19. The molecule has 19 heavy (non-hydrogen) atoms. The molecule has 0 aliphatic heterocycles.